The van der Waals surface area contributed by atoms with Crippen LogP contribution in [0.4, 0.5) is 0 Å². The first-order chi connectivity index (χ1) is 23.3. The van der Waals surface area contributed by atoms with E-state index in [2.05, 4.69) is 83.1 Å². The molecular formula is C48H100. The Labute approximate surface area is 309 Å². The average molecular weight is 677 g/mol. The highest BCUT2D eigenvalue weighted by Gasteiger charge is 2.27. The van der Waals surface area contributed by atoms with Crippen molar-refractivity contribution in [3.8, 4) is 0 Å². The molecule has 0 spiro atoms. The average Bonchev–Trinajstić information content (AvgIpc) is 3.05. The molecule has 0 N–H and O–H groups in total. The van der Waals surface area contributed by atoms with Gasteiger partial charge in [0.1, 0.15) is 0 Å². The summed E-state index contributed by atoms with van der Waals surface area (Å²) in [5.74, 6) is 7.94. The van der Waals surface area contributed by atoms with Gasteiger partial charge in [-0.1, -0.05) is 237 Å². The fraction of sp³-hybridized carbons (Fsp3) is 1.00. The third kappa shape index (κ3) is 25.9. The Hall–Kier alpha value is 0. The van der Waals surface area contributed by atoms with Gasteiger partial charge in [-0.2, -0.15) is 0 Å². The van der Waals surface area contributed by atoms with Crippen molar-refractivity contribution in [2.75, 3.05) is 0 Å². The summed E-state index contributed by atoms with van der Waals surface area (Å²) in [4.78, 5) is 0. The minimum atomic E-state index is 0.991. The van der Waals surface area contributed by atoms with Crippen LogP contribution in [0.25, 0.3) is 0 Å². The van der Waals surface area contributed by atoms with Gasteiger partial charge in [-0.15, -0.1) is 0 Å². The SMILES string of the molecule is CCCC(CCC)CC(CC(CCC)CCC)C(CCC)CCC.CCCC(CCC)CC(CC(CCC)CCC)C(CCC)CCC. The quantitative estimate of drug-likeness (QED) is 0.0636. The van der Waals surface area contributed by atoms with Gasteiger partial charge in [0.05, 0.1) is 0 Å². The van der Waals surface area contributed by atoms with E-state index in [1.165, 1.54) is 180 Å². The molecule has 0 heterocycles. The first-order valence-electron chi connectivity index (χ1n) is 23.3. The molecule has 0 aromatic rings. The summed E-state index contributed by atoms with van der Waals surface area (Å²) in [5, 5.41) is 0. The van der Waals surface area contributed by atoms with Gasteiger partial charge in [-0.25, -0.2) is 0 Å². The zero-order valence-corrected chi connectivity index (χ0v) is 36.4. The number of hydrogen-bond donors (Lipinski definition) is 0. The van der Waals surface area contributed by atoms with Gasteiger partial charge in [-0.3, -0.25) is 0 Å². The van der Waals surface area contributed by atoms with Gasteiger partial charge >= 0.3 is 0 Å². The van der Waals surface area contributed by atoms with E-state index in [4.69, 9.17) is 0 Å². The molecule has 0 amide bonds. The van der Waals surface area contributed by atoms with Crippen LogP contribution >= 0.6 is 0 Å². The number of hydrogen-bond acceptors (Lipinski definition) is 0. The van der Waals surface area contributed by atoms with Crippen LogP contribution in [-0.4, -0.2) is 0 Å². The molecule has 48 heavy (non-hydrogen) atoms. The molecule has 0 aliphatic carbocycles. The lowest BCUT2D eigenvalue weighted by molar-refractivity contribution is 0.179. The summed E-state index contributed by atoms with van der Waals surface area (Å²) in [6.45, 7) is 28.6. The monoisotopic (exact) mass is 677 g/mol. The zero-order valence-electron chi connectivity index (χ0n) is 36.4. The van der Waals surface area contributed by atoms with Crippen LogP contribution in [0.1, 0.15) is 263 Å². The van der Waals surface area contributed by atoms with E-state index in [1.54, 1.807) is 0 Å². The fourth-order valence-corrected chi connectivity index (χ4v) is 10.2. The third-order valence-electron chi connectivity index (χ3n) is 12.1. The first-order valence-corrected chi connectivity index (χ1v) is 23.3. The van der Waals surface area contributed by atoms with E-state index in [0.717, 1.165) is 47.3 Å². The summed E-state index contributed by atoms with van der Waals surface area (Å²) >= 11 is 0. The second-order valence-corrected chi connectivity index (χ2v) is 16.9. The van der Waals surface area contributed by atoms with Crippen LogP contribution in [0, 0.1) is 47.3 Å². The lowest BCUT2D eigenvalue weighted by atomic mass is 9.72. The fourth-order valence-electron chi connectivity index (χ4n) is 10.2. The smallest absolute Gasteiger partial charge is 0.0381 e. The lowest BCUT2D eigenvalue weighted by Crippen LogP contribution is -2.22. The van der Waals surface area contributed by atoms with E-state index in [1.807, 2.05) is 0 Å². The normalized spacial score (nSPS) is 12.2. The maximum atomic E-state index is 2.39. The van der Waals surface area contributed by atoms with Gasteiger partial charge < -0.3 is 0 Å². The van der Waals surface area contributed by atoms with E-state index in [9.17, 15) is 0 Å². The van der Waals surface area contributed by atoms with Crippen molar-refractivity contribution in [3.63, 3.8) is 0 Å². The predicted molar refractivity (Wildman–Crippen MR) is 225 cm³/mol. The van der Waals surface area contributed by atoms with Crippen molar-refractivity contribution < 1.29 is 0 Å². The molecule has 0 atom stereocenters. The highest BCUT2D eigenvalue weighted by molar-refractivity contribution is 4.79. The van der Waals surface area contributed by atoms with E-state index >= 15 is 0 Å². The molecule has 0 unspecified atom stereocenters. The van der Waals surface area contributed by atoms with Crippen molar-refractivity contribution in [2.45, 2.75) is 263 Å². The van der Waals surface area contributed by atoms with E-state index < -0.39 is 0 Å². The molecular weight excluding hydrogens is 577 g/mol. The molecule has 0 saturated heterocycles. The molecule has 0 radical (unpaired) electrons. The molecule has 0 fully saturated rings. The molecule has 0 rings (SSSR count). The summed E-state index contributed by atoms with van der Waals surface area (Å²) in [6, 6.07) is 0. The molecule has 292 valence electrons. The molecule has 0 aliphatic rings. The molecule has 0 aromatic carbocycles. The highest BCUT2D eigenvalue weighted by atomic mass is 14.3. The summed E-state index contributed by atoms with van der Waals surface area (Å²) in [5.41, 5.74) is 0. The standard InChI is InChI=1S/2C24H50/c2*1-7-13-21(14-8-2)19-24(23(17-11-5)18-12-6)20-22(15-9-3)16-10-4/h2*21-24H,7-20H2,1-6H3. The zero-order chi connectivity index (χ0) is 36.4. The Kier molecular flexibility index (Phi) is 38.4. The van der Waals surface area contributed by atoms with Crippen molar-refractivity contribution in [1.82, 2.24) is 0 Å². The van der Waals surface area contributed by atoms with Crippen LogP contribution in [0.5, 0.6) is 0 Å². The first kappa shape index (κ1) is 50.1. The second-order valence-electron chi connectivity index (χ2n) is 16.9. The van der Waals surface area contributed by atoms with Crippen molar-refractivity contribution in [3.05, 3.63) is 0 Å². The van der Waals surface area contributed by atoms with Crippen LogP contribution in [0.3, 0.4) is 0 Å². The van der Waals surface area contributed by atoms with Crippen LogP contribution < -0.4 is 0 Å². The molecule has 0 aliphatic heterocycles. The maximum absolute atomic E-state index is 2.39. The van der Waals surface area contributed by atoms with Crippen molar-refractivity contribution >= 4 is 0 Å². The lowest BCUT2D eigenvalue weighted by Gasteiger charge is -2.33. The third-order valence-corrected chi connectivity index (χ3v) is 12.1. The van der Waals surface area contributed by atoms with Crippen LogP contribution in [-0.2, 0) is 0 Å². The largest absolute Gasteiger partial charge is 0.0654 e. The Bertz CT molecular complexity index is 469. The highest BCUT2D eigenvalue weighted by Crippen LogP contribution is 2.39. The predicted octanol–water partition coefficient (Wildman–Crippen LogP) is 18.1. The Balaban J connectivity index is 0. The Morgan fingerprint density at radius 1 is 0.188 bits per heavy atom. The van der Waals surface area contributed by atoms with Gasteiger partial charge in [0.25, 0.3) is 0 Å². The van der Waals surface area contributed by atoms with E-state index in [-0.39, 0.29) is 0 Å². The Morgan fingerprint density at radius 2 is 0.333 bits per heavy atom. The molecule has 0 saturated carbocycles. The topological polar surface area (TPSA) is 0 Å². The van der Waals surface area contributed by atoms with Crippen molar-refractivity contribution in [1.29, 1.82) is 0 Å². The summed E-state index contributed by atoms with van der Waals surface area (Å²) in [6.07, 6.45) is 40.1. The number of rotatable bonds is 34. The van der Waals surface area contributed by atoms with E-state index in [0.29, 0.717) is 0 Å². The van der Waals surface area contributed by atoms with Crippen LogP contribution in [0.15, 0.2) is 0 Å². The Morgan fingerprint density at radius 3 is 0.458 bits per heavy atom. The minimum Gasteiger partial charge on any atom is -0.0654 e. The summed E-state index contributed by atoms with van der Waals surface area (Å²) < 4.78 is 0. The maximum Gasteiger partial charge on any atom is -0.0381 e. The van der Waals surface area contributed by atoms with Gasteiger partial charge in [0.15, 0.2) is 0 Å². The molecule has 0 heteroatoms. The second kappa shape index (κ2) is 36.8. The van der Waals surface area contributed by atoms with Gasteiger partial charge in [-0.05, 0) is 73.0 Å². The summed E-state index contributed by atoms with van der Waals surface area (Å²) in [7, 11) is 0. The minimum absolute atomic E-state index is 0.991. The van der Waals surface area contributed by atoms with Crippen LogP contribution in [0.2, 0.25) is 0 Å². The van der Waals surface area contributed by atoms with Crippen molar-refractivity contribution in [2.24, 2.45) is 47.3 Å². The molecule has 0 aromatic heterocycles. The molecule has 0 bridgehead atoms. The van der Waals surface area contributed by atoms with Gasteiger partial charge in [0.2, 0.25) is 0 Å². The molecule has 0 nitrogen and oxygen atoms in total. The van der Waals surface area contributed by atoms with Gasteiger partial charge in [0, 0.05) is 0 Å².